The average Bonchev–Trinajstić information content (AvgIpc) is 2.73. The Labute approximate surface area is 182 Å². The largest absolute Gasteiger partial charge is 0.340 e. The molecule has 0 fully saturated rings. The maximum Gasteiger partial charge on any atom is 0.262 e. The number of carbonyl (C=O) groups excluding carboxylic acids is 1. The van der Waals surface area contributed by atoms with Crippen LogP contribution in [0.3, 0.4) is 0 Å². The second-order valence-corrected chi connectivity index (χ2v) is 9.30. The molecule has 1 amide bonds. The van der Waals surface area contributed by atoms with E-state index >= 15 is 0 Å². The lowest BCUT2D eigenvalue weighted by Crippen LogP contribution is -2.33. The number of hydrogen-bond donors (Lipinski definition) is 0. The normalized spacial score (nSPS) is 12.3. The van der Waals surface area contributed by atoms with Crippen LogP contribution in [0, 0.1) is 5.92 Å². The standard InChI is InChI=1S/C24H29N3O2S/c1-17(2)14-15-27-23(29)20-12-8-9-13-21(20)25-24(27)30-18(3)22(28)26(4)16-19-10-6-5-7-11-19/h5-13,17-18H,14-16H2,1-4H3. The molecular formula is C24H29N3O2S. The van der Waals surface area contributed by atoms with Crippen molar-refractivity contribution in [2.75, 3.05) is 7.05 Å². The van der Waals surface area contributed by atoms with Gasteiger partial charge in [-0.15, -0.1) is 0 Å². The molecule has 0 aliphatic carbocycles. The minimum Gasteiger partial charge on any atom is -0.340 e. The highest BCUT2D eigenvalue weighted by atomic mass is 32.2. The van der Waals surface area contributed by atoms with Crippen LogP contribution in [0.15, 0.2) is 64.5 Å². The lowest BCUT2D eigenvalue weighted by atomic mass is 10.1. The molecule has 0 aliphatic rings. The van der Waals surface area contributed by atoms with Crippen molar-refractivity contribution < 1.29 is 4.79 Å². The van der Waals surface area contributed by atoms with Crippen molar-refractivity contribution in [1.29, 1.82) is 0 Å². The molecule has 30 heavy (non-hydrogen) atoms. The maximum absolute atomic E-state index is 13.1. The second-order valence-electron chi connectivity index (χ2n) is 7.99. The molecule has 0 N–H and O–H groups in total. The highest BCUT2D eigenvalue weighted by Crippen LogP contribution is 2.24. The molecule has 0 radical (unpaired) electrons. The summed E-state index contributed by atoms with van der Waals surface area (Å²) in [6.45, 7) is 7.30. The summed E-state index contributed by atoms with van der Waals surface area (Å²) >= 11 is 1.36. The van der Waals surface area contributed by atoms with Gasteiger partial charge in [0.25, 0.3) is 5.56 Å². The summed E-state index contributed by atoms with van der Waals surface area (Å²) in [5.74, 6) is 0.485. The molecule has 1 heterocycles. The molecule has 1 aromatic heterocycles. The number of para-hydroxylation sites is 1. The van der Waals surface area contributed by atoms with Gasteiger partial charge in [0.2, 0.25) is 5.91 Å². The number of hydrogen-bond acceptors (Lipinski definition) is 4. The highest BCUT2D eigenvalue weighted by molar-refractivity contribution is 8.00. The summed E-state index contributed by atoms with van der Waals surface area (Å²) in [4.78, 5) is 32.5. The molecule has 158 valence electrons. The Bertz CT molecular complexity index is 1060. The molecule has 2 aromatic carbocycles. The van der Waals surface area contributed by atoms with Crippen molar-refractivity contribution in [3.8, 4) is 0 Å². The van der Waals surface area contributed by atoms with Crippen molar-refractivity contribution in [3.05, 3.63) is 70.5 Å². The van der Waals surface area contributed by atoms with E-state index < -0.39 is 0 Å². The zero-order valence-electron chi connectivity index (χ0n) is 18.0. The van der Waals surface area contributed by atoms with E-state index in [4.69, 9.17) is 4.98 Å². The number of thioether (sulfide) groups is 1. The third-order valence-electron chi connectivity index (χ3n) is 5.03. The number of carbonyl (C=O) groups is 1. The molecule has 6 heteroatoms. The number of rotatable bonds is 8. The predicted molar refractivity (Wildman–Crippen MR) is 124 cm³/mol. The van der Waals surface area contributed by atoms with Crippen LogP contribution < -0.4 is 5.56 Å². The van der Waals surface area contributed by atoms with E-state index in [0.29, 0.717) is 35.1 Å². The van der Waals surface area contributed by atoms with Gasteiger partial charge in [-0.3, -0.25) is 14.2 Å². The Morgan fingerprint density at radius 1 is 1.07 bits per heavy atom. The summed E-state index contributed by atoms with van der Waals surface area (Å²) in [6, 6.07) is 17.3. The van der Waals surface area contributed by atoms with Crippen LogP contribution in [0.2, 0.25) is 0 Å². The van der Waals surface area contributed by atoms with Gasteiger partial charge < -0.3 is 4.90 Å². The molecule has 0 bridgehead atoms. The van der Waals surface area contributed by atoms with Crippen LogP contribution in [0.25, 0.3) is 10.9 Å². The van der Waals surface area contributed by atoms with E-state index in [1.807, 2.05) is 68.6 Å². The molecule has 0 aliphatic heterocycles. The van der Waals surface area contributed by atoms with Crippen molar-refractivity contribution in [2.45, 2.75) is 50.7 Å². The van der Waals surface area contributed by atoms with Crippen LogP contribution in [-0.4, -0.2) is 32.7 Å². The van der Waals surface area contributed by atoms with E-state index in [9.17, 15) is 9.59 Å². The summed E-state index contributed by atoms with van der Waals surface area (Å²) < 4.78 is 1.73. The fourth-order valence-electron chi connectivity index (χ4n) is 3.28. The quantitative estimate of drug-likeness (QED) is 0.393. The first-order chi connectivity index (χ1) is 14.4. The lowest BCUT2D eigenvalue weighted by Gasteiger charge is -2.22. The molecular weight excluding hydrogens is 394 g/mol. The van der Waals surface area contributed by atoms with Gasteiger partial charge in [0.05, 0.1) is 16.2 Å². The molecule has 3 aromatic rings. The molecule has 3 rings (SSSR count). The fraction of sp³-hybridized carbons (Fsp3) is 0.375. The van der Waals surface area contributed by atoms with Crippen molar-refractivity contribution >= 4 is 28.6 Å². The van der Waals surface area contributed by atoms with Gasteiger partial charge in [-0.1, -0.05) is 68.1 Å². The van der Waals surface area contributed by atoms with Crippen LogP contribution >= 0.6 is 11.8 Å². The second kappa shape index (κ2) is 9.94. The maximum atomic E-state index is 13.1. The van der Waals surface area contributed by atoms with E-state index in [2.05, 4.69) is 13.8 Å². The molecule has 0 saturated carbocycles. The zero-order valence-corrected chi connectivity index (χ0v) is 18.9. The molecule has 1 atom stereocenters. The monoisotopic (exact) mass is 423 g/mol. The van der Waals surface area contributed by atoms with Gasteiger partial charge >= 0.3 is 0 Å². The Kier molecular flexibility index (Phi) is 7.32. The number of nitrogens with zero attached hydrogens (tertiary/aromatic N) is 3. The van der Waals surface area contributed by atoms with Gasteiger partial charge in [-0.25, -0.2) is 4.98 Å². The number of aromatic nitrogens is 2. The highest BCUT2D eigenvalue weighted by Gasteiger charge is 2.22. The first-order valence-electron chi connectivity index (χ1n) is 10.3. The Morgan fingerprint density at radius 2 is 1.73 bits per heavy atom. The minimum absolute atomic E-state index is 0.0154. The molecule has 1 unspecified atom stereocenters. The van der Waals surface area contributed by atoms with Gasteiger partial charge in [0, 0.05) is 20.1 Å². The smallest absolute Gasteiger partial charge is 0.262 e. The summed E-state index contributed by atoms with van der Waals surface area (Å²) in [7, 11) is 1.81. The van der Waals surface area contributed by atoms with Gasteiger partial charge in [-0.05, 0) is 37.0 Å². The van der Waals surface area contributed by atoms with Crippen molar-refractivity contribution in [2.24, 2.45) is 5.92 Å². The number of amides is 1. The summed E-state index contributed by atoms with van der Waals surface area (Å²) in [5.41, 5.74) is 1.72. The number of fused-ring (bicyclic) bond motifs is 1. The third kappa shape index (κ3) is 5.30. The fourth-order valence-corrected chi connectivity index (χ4v) is 4.33. The lowest BCUT2D eigenvalue weighted by molar-refractivity contribution is -0.129. The Hall–Kier alpha value is -2.60. The minimum atomic E-state index is -0.350. The van der Waals surface area contributed by atoms with E-state index in [-0.39, 0.29) is 16.7 Å². The topological polar surface area (TPSA) is 55.2 Å². The Morgan fingerprint density at radius 3 is 2.43 bits per heavy atom. The average molecular weight is 424 g/mol. The first kappa shape index (κ1) is 22.1. The van der Waals surface area contributed by atoms with Crippen LogP contribution in [-0.2, 0) is 17.9 Å². The summed E-state index contributed by atoms with van der Waals surface area (Å²) in [5, 5.41) is 0.871. The third-order valence-corrected chi connectivity index (χ3v) is 6.10. The van der Waals surface area contributed by atoms with Gasteiger partial charge in [-0.2, -0.15) is 0 Å². The van der Waals surface area contributed by atoms with E-state index in [0.717, 1.165) is 12.0 Å². The number of benzene rings is 2. The van der Waals surface area contributed by atoms with Gasteiger partial charge in [0.1, 0.15) is 0 Å². The van der Waals surface area contributed by atoms with E-state index in [1.54, 1.807) is 9.47 Å². The summed E-state index contributed by atoms with van der Waals surface area (Å²) in [6.07, 6.45) is 0.879. The first-order valence-corrected chi connectivity index (χ1v) is 11.2. The molecule has 0 saturated heterocycles. The van der Waals surface area contributed by atoms with E-state index in [1.165, 1.54) is 11.8 Å². The molecule has 5 nitrogen and oxygen atoms in total. The predicted octanol–water partition coefficient (Wildman–Crippen LogP) is 4.58. The van der Waals surface area contributed by atoms with Gasteiger partial charge in [0.15, 0.2) is 5.16 Å². The van der Waals surface area contributed by atoms with Crippen molar-refractivity contribution in [1.82, 2.24) is 14.5 Å². The zero-order chi connectivity index (χ0) is 21.7. The SMILES string of the molecule is CC(C)CCn1c(SC(C)C(=O)N(C)Cc2ccccc2)nc2ccccc2c1=O. The van der Waals surface area contributed by atoms with Crippen LogP contribution in [0.4, 0.5) is 0 Å². The van der Waals surface area contributed by atoms with Crippen LogP contribution in [0.5, 0.6) is 0 Å². The molecule has 0 spiro atoms. The van der Waals surface area contributed by atoms with Crippen molar-refractivity contribution in [3.63, 3.8) is 0 Å². The Balaban J connectivity index is 1.84. The van der Waals surface area contributed by atoms with Crippen LogP contribution in [0.1, 0.15) is 32.8 Å².